The molecule has 19 atom stereocenters. The molecular formula is C66H92N6O17. The molecule has 11 rings (SSSR count). The predicted molar refractivity (Wildman–Crippen MR) is 321 cm³/mol. The Bertz CT molecular complexity index is 2770. The number of methoxy groups -OCH3 is 1. The first-order valence-corrected chi connectivity index (χ1v) is 32.5. The van der Waals surface area contributed by atoms with Gasteiger partial charge in [0, 0.05) is 95.6 Å². The molecule has 10 aliphatic rings. The highest BCUT2D eigenvalue weighted by atomic mass is 16.7. The lowest BCUT2D eigenvalue weighted by Crippen LogP contribution is -2.68. The molecule has 1 saturated carbocycles. The van der Waals surface area contributed by atoms with Crippen LogP contribution in [-0.2, 0) is 77.9 Å². The van der Waals surface area contributed by atoms with E-state index in [0.717, 1.165) is 54.6 Å². The number of carbonyl (C=O) groups excluding carboxylic acids is 8. The molecule has 488 valence electrons. The summed E-state index contributed by atoms with van der Waals surface area (Å²) in [6.45, 7) is 9.73. The van der Waals surface area contributed by atoms with Gasteiger partial charge in [-0.3, -0.25) is 43.3 Å². The number of aliphatic hydroxyl groups is 2. The number of fused-ring (bicyclic) bond motifs is 7. The topological polar surface area (TPSA) is 305 Å². The fourth-order valence-electron chi connectivity index (χ4n) is 15.0. The summed E-state index contributed by atoms with van der Waals surface area (Å²) in [6.07, 6.45) is 7.56. The lowest BCUT2D eigenvalue weighted by Gasteiger charge is -2.60. The first-order chi connectivity index (χ1) is 42.8. The number of nitrogens with one attached hydrogen (secondary N) is 5. The molecule has 1 unspecified atom stereocenters. The van der Waals surface area contributed by atoms with Gasteiger partial charge in [0.1, 0.15) is 17.9 Å². The van der Waals surface area contributed by atoms with Crippen LogP contribution in [0.1, 0.15) is 134 Å². The van der Waals surface area contributed by atoms with Crippen LogP contribution in [0.25, 0.3) is 0 Å². The minimum absolute atomic E-state index is 0.0189. The van der Waals surface area contributed by atoms with Gasteiger partial charge in [-0.1, -0.05) is 56.8 Å². The number of hydrogen-bond donors (Lipinski definition) is 7. The Morgan fingerprint density at radius 3 is 2.19 bits per heavy atom. The summed E-state index contributed by atoms with van der Waals surface area (Å²) in [7, 11) is 1.57. The summed E-state index contributed by atoms with van der Waals surface area (Å²) >= 11 is 0. The molecule has 23 nitrogen and oxygen atoms in total. The van der Waals surface area contributed by atoms with E-state index in [1.807, 2.05) is 0 Å². The van der Waals surface area contributed by atoms with Crippen LogP contribution in [0.3, 0.4) is 0 Å². The Hall–Kier alpha value is -5.76. The van der Waals surface area contributed by atoms with Gasteiger partial charge in [0.05, 0.1) is 92.9 Å². The molecule has 8 saturated heterocycles. The van der Waals surface area contributed by atoms with Crippen molar-refractivity contribution < 1.29 is 81.7 Å². The van der Waals surface area contributed by atoms with Gasteiger partial charge in [0.25, 0.3) is 11.8 Å². The number of imide groups is 1. The zero-order valence-electron chi connectivity index (χ0n) is 51.5. The second-order valence-corrected chi connectivity index (χ2v) is 26.4. The second kappa shape index (κ2) is 30.1. The first-order valence-electron chi connectivity index (χ1n) is 32.5. The van der Waals surface area contributed by atoms with Crippen molar-refractivity contribution in [3.8, 4) is 0 Å². The zero-order chi connectivity index (χ0) is 62.9. The van der Waals surface area contributed by atoms with Crippen LogP contribution in [0.15, 0.2) is 66.8 Å². The Kier molecular flexibility index (Phi) is 22.4. The maximum atomic E-state index is 14.5. The average Bonchev–Trinajstić information content (AvgIpc) is 1.55. The van der Waals surface area contributed by atoms with Crippen molar-refractivity contribution in [1.29, 1.82) is 0 Å². The molecule has 7 amide bonds. The lowest BCUT2D eigenvalue weighted by atomic mass is 9.62. The molecule has 1 aromatic carbocycles. The van der Waals surface area contributed by atoms with Gasteiger partial charge in [-0.2, -0.15) is 0 Å². The molecule has 0 radical (unpaired) electrons. The molecule has 1 aromatic rings. The van der Waals surface area contributed by atoms with E-state index < -0.39 is 97.6 Å². The minimum atomic E-state index is -1.34. The third-order valence-corrected chi connectivity index (χ3v) is 19.9. The van der Waals surface area contributed by atoms with Crippen LogP contribution in [0.4, 0.5) is 0 Å². The second-order valence-electron chi connectivity index (χ2n) is 26.4. The van der Waals surface area contributed by atoms with Crippen LogP contribution in [0.2, 0.25) is 0 Å². The van der Waals surface area contributed by atoms with Crippen molar-refractivity contribution in [2.45, 2.75) is 227 Å². The number of ether oxygens (including phenoxy) is 7. The number of rotatable bonds is 21. The normalized spacial score (nSPS) is 35.1. The Morgan fingerprint density at radius 1 is 0.697 bits per heavy atom. The maximum absolute atomic E-state index is 14.5. The predicted octanol–water partition coefficient (Wildman–Crippen LogP) is 3.01. The SMILES string of the molecule is C=C1C[C@@H]2CC[C@@]3(O)CC[C@@H]4C[C@@H]5C4O[C@H]4CC[C@H](CC(=O)C[C@@H]6[C@@H](OC)[C@@H](C[C@H](O)CNC(=O)CNC(=O)[C@H](Cc7ccccc7)NC(=O)CNC(=O)CNC(=O)CCCCCN7C(=O)C=CC7=O)O[C@H]6C[C@H]6O[C@@H](CC[C@@H]1O2)C[C@@H](C)C6=C)O[C@@H]4[C@@H]5O3. The number of hydrogen-bond acceptors (Lipinski definition) is 17. The fraction of sp³-hybridized carbons (Fsp3) is 0.697. The number of aliphatic hydroxyl groups excluding tert-OH is 1. The zero-order valence-corrected chi connectivity index (χ0v) is 51.5. The highest BCUT2D eigenvalue weighted by Gasteiger charge is 2.60. The van der Waals surface area contributed by atoms with Gasteiger partial charge in [-0.15, -0.1) is 0 Å². The van der Waals surface area contributed by atoms with Crippen LogP contribution in [0, 0.1) is 23.7 Å². The number of amides is 7. The highest BCUT2D eigenvalue weighted by molar-refractivity contribution is 6.12. The summed E-state index contributed by atoms with van der Waals surface area (Å²) in [5, 5.41) is 36.6. The van der Waals surface area contributed by atoms with E-state index in [0.29, 0.717) is 69.3 Å². The number of nitrogens with zero attached hydrogens (tertiary/aromatic N) is 1. The van der Waals surface area contributed by atoms with Crippen LogP contribution >= 0.6 is 0 Å². The smallest absolute Gasteiger partial charge is 0.253 e. The molecule has 0 aromatic heterocycles. The summed E-state index contributed by atoms with van der Waals surface area (Å²) in [4.78, 5) is 104. The molecule has 1 aliphatic carbocycles. The van der Waals surface area contributed by atoms with Crippen molar-refractivity contribution >= 4 is 47.1 Å². The number of ketones is 1. The maximum Gasteiger partial charge on any atom is 0.253 e. The van der Waals surface area contributed by atoms with Crippen molar-refractivity contribution in [2.75, 3.05) is 39.8 Å². The number of Topliss-reactive ketones (excluding diaryl/α,β-unsaturated/α-hetero) is 1. The fourth-order valence-corrected chi connectivity index (χ4v) is 15.0. The minimum Gasteiger partial charge on any atom is -0.391 e. The molecule has 23 heteroatoms. The van der Waals surface area contributed by atoms with Crippen molar-refractivity contribution in [3.05, 3.63) is 72.4 Å². The molecular weight excluding hydrogens is 1150 g/mol. The molecule has 9 heterocycles. The molecule has 0 spiro atoms. The summed E-state index contributed by atoms with van der Waals surface area (Å²) in [5.74, 6) is -4.93. The molecule has 89 heavy (non-hydrogen) atoms. The van der Waals surface area contributed by atoms with Gasteiger partial charge >= 0.3 is 0 Å². The van der Waals surface area contributed by atoms with Crippen LogP contribution in [0.5, 0.6) is 0 Å². The molecule has 9 fully saturated rings. The van der Waals surface area contributed by atoms with Crippen LogP contribution < -0.4 is 26.6 Å². The quantitative estimate of drug-likeness (QED) is 0.0529. The number of carbonyl (C=O) groups is 8. The van der Waals surface area contributed by atoms with Gasteiger partial charge < -0.3 is 70.0 Å². The van der Waals surface area contributed by atoms with Crippen molar-refractivity contribution in [3.63, 3.8) is 0 Å². The Labute approximate surface area is 520 Å². The van der Waals surface area contributed by atoms with Gasteiger partial charge in [-0.05, 0) is 99.2 Å². The van der Waals surface area contributed by atoms with E-state index in [2.05, 4.69) is 46.7 Å². The molecule has 11 bridgehead atoms. The van der Waals surface area contributed by atoms with Gasteiger partial charge in [0.2, 0.25) is 29.5 Å². The van der Waals surface area contributed by atoms with Crippen LogP contribution in [-0.4, -0.2) is 193 Å². The molecule has 7 N–H and O–H groups in total. The largest absolute Gasteiger partial charge is 0.391 e. The van der Waals surface area contributed by atoms with E-state index >= 15 is 0 Å². The van der Waals surface area contributed by atoms with E-state index in [4.69, 9.17) is 33.2 Å². The van der Waals surface area contributed by atoms with E-state index in [-0.39, 0.29) is 123 Å². The van der Waals surface area contributed by atoms with E-state index in [9.17, 15) is 48.6 Å². The average molecular weight is 1240 g/mol. The third kappa shape index (κ3) is 17.0. The van der Waals surface area contributed by atoms with Crippen molar-refractivity contribution in [2.24, 2.45) is 23.7 Å². The monoisotopic (exact) mass is 1240 g/mol. The van der Waals surface area contributed by atoms with Gasteiger partial charge in [-0.25, -0.2) is 0 Å². The summed E-state index contributed by atoms with van der Waals surface area (Å²) in [6, 6.07) is 7.75. The van der Waals surface area contributed by atoms with Gasteiger partial charge in [0.15, 0.2) is 5.79 Å². The third-order valence-electron chi connectivity index (χ3n) is 19.9. The van der Waals surface area contributed by atoms with Crippen molar-refractivity contribution in [1.82, 2.24) is 31.5 Å². The summed E-state index contributed by atoms with van der Waals surface area (Å²) < 4.78 is 47.0. The van der Waals surface area contributed by atoms with E-state index in [1.54, 1.807) is 37.4 Å². The molecule has 9 aliphatic heterocycles. The van der Waals surface area contributed by atoms with E-state index in [1.165, 1.54) is 12.2 Å². The lowest BCUT2D eigenvalue weighted by molar-refractivity contribution is -0.358. The Morgan fingerprint density at radius 2 is 1.40 bits per heavy atom. The first kappa shape index (κ1) is 66.2. The standard InChI is InChI=1S/C66H92N6O17/c1-37-25-44-14-16-50-38(2)26-46(84-50)21-23-66(82)22-20-41-28-48-61(41)88-51-17-15-45(86-64(51)63(48)89-66)29-42(73)30-47-53(32-52(85-44)39(37)3)87-54(62(47)83-4)31-43(74)33-67-57(77)35-70-65(81)49(27-40-11-7-5-8-12-40)71-58(78)36-69-56(76)34-68-55(75)13-9-6-10-24-72-59(79)18-19-60(72)80/h5,7-8,11-12,18-19,37,41,43-54,61-64,74,82H,2-3,6,9-10,13-17,20-36H2,1,4H3,(H,67,77)(H,68,75)(H,69,76)(H,70,81)(H,71,78)/t37-,41-,43+,44+,45-,46+,47+,48-,49+,50+,51+,52-,53+,54-,61?,62-,63-,64+,66-/m1/s1. The number of benzene rings is 1. The Balaban J connectivity index is 0.723. The summed E-state index contributed by atoms with van der Waals surface area (Å²) in [5.41, 5.74) is 2.70. The number of unbranched alkanes of at least 4 members (excludes halogenated alkanes) is 2. The highest BCUT2D eigenvalue weighted by Crippen LogP contribution is 2.54.